The number of rotatable bonds is 10. The SMILES string of the molecule is Cc1ccc(OCCNC(=O)CCCN(c2cc(Cl)cc(Cl)c2)S(C)(=O)=O)cc1C. The van der Waals surface area contributed by atoms with Crippen molar-refractivity contribution in [1.29, 1.82) is 0 Å². The van der Waals surface area contributed by atoms with Gasteiger partial charge in [-0.25, -0.2) is 8.42 Å². The first-order valence-electron chi connectivity index (χ1n) is 9.47. The van der Waals surface area contributed by atoms with E-state index in [9.17, 15) is 13.2 Å². The van der Waals surface area contributed by atoms with Gasteiger partial charge in [-0.1, -0.05) is 29.3 Å². The predicted octanol–water partition coefficient (Wildman–Crippen LogP) is 4.35. The van der Waals surface area contributed by atoms with Crippen LogP contribution in [0.15, 0.2) is 36.4 Å². The summed E-state index contributed by atoms with van der Waals surface area (Å²) in [5.74, 6) is 0.590. The molecule has 0 aliphatic carbocycles. The molecule has 1 N–H and O–H groups in total. The molecule has 30 heavy (non-hydrogen) atoms. The lowest BCUT2D eigenvalue weighted by Gasteiger charge is -2.22. The van der Waals surface area contributed by atoms with Crippen molar-refractivity contribution >= 4 is 44.8 Å². The number of carbonyl (C=O) groups is 1. The van der Waals surface area contributed by atoms with Crippen molar-refractivity contribution in [1.82, 2.24) is 5.32 Å². The molecule has 0 fully saturated rings. The minimum absolute atomic E-state index is 0.141. The van der Waals surface area contributed by atoms with Gasteiger partial charge in [-0.3, -0.25) is 9.10 Å². The quantitative estimate of drug-likeness (QED) is 0.521. The fourth-order valence-corrected chi connectivity index (χ4v) is 4.27. The van der Waals surface area contributed by atoms with Crippen molar-refractivity contribution < 1.29 is 17.9 Å². The highest BCUT2D eigenvalue weighted by Crippen LogP contribution is 2.27. The number of ether oxygens (including phenoxy) is 1. The van der Waals surface area contributed by atoms with Crippen LogP contribution < -0.4 is 14.4 Å². The van der Waals surface area contributed by atoms with Crippen LogP contribution in [0.1, 0.15) is 24.0 Å². The number of benzene rings is 2. The summed E-state index contributed by atoms with van der Waals surface area (Å²) in [5.41, 5.74) is 2.71. The molecule has 2 aromatic carbocycles. The van der Waals surface area contributed by atoms with E-state index in [-0.39, 0.29) is 18.9 Å². The van der Waals surface area contributed by atoms with Crippen LogP contribution in [0.4, 0.5) is 5.69 Å². The second-order valence-electron chi connectivity index (χ2n) is 7.01. The molecule has 0 unspecified atom stereocenters. The molecular formula is C21H26Cl2N2O4S. The van der Waals surface area contributed by atoms with Gasteiger partial charge < -0.3 is 10.1 Å². The van der Waals surface area contributed by atoms with E-state index in [2.05, 4.69) is 5.32 Å². The molecule has 2 aromatic rings. The van der Waals surface area contributed by atoms with Crippen molar-refractivity contribution in [3.63, 3.8) is 0 Å². The monoisotopic (exact) mass is 472 g/mol. The van der Waals surface area contributed by atoms with Crippen molar-refractivity contribution in [2.75, 3.05) is 30.3 Å². The maximum atomic E-state index is 12.1. The predicted molar refractivity (Wildman–Crippen MR) is 122 cm³/mol. The highest BCUT2D eigenvalue weighted by Gasteiger charge is 2.18. The fraction of sp³-hybridized carbons (Fsp3) is 0.381. The van der Waals surface area contributed by atoms with E-state index in [4.69, 9.17) is 27.9 Å². The van der Waals surface area contributed by atoms with Gasteiger partial charge >= 0.3 is 0 Å². The Hall–Kier alpha value is -1.96. The Labute approximate surface area is 188 Å². The molecule has 0 aromatic heterocycles. The second kappa shape index (κ2) is 10.9. The number of anilines is 1. The number of carbonyl (C=O) groups excluding carboxylic acids is 1. The van der Waals surface area contributed by atoms with Gasteiger partial charge in [0.2, 0.25) is 15.9 Å². The molecule has 0 aliphatic heterocycles. The molecule has 0 radical (unpaired) electrons. The van der Waals surface area contributed by atoms with Gasteiger partial charge in [0, 0.05) is 23.0 Å². The van der Waals surface area contributed by atoms with Gasteiger partial charge in [0.1, 0.15) is 12.4 Å². The smallest absolute Gasteiger partial charge is 0.232 e. The number of nitrogens with one attached hydrogen (secondary N) is 1. The van der Waals surface area contributed by atoms with Gasteiger partial charge in [0.15, 0.2) is 0 Å². The van der Waals surface area contributed by atoms with E-state index in [1.165, 1.54) is 28.1 Å². The first-order chi connectivity index (χ1) is 14.1. The molecule has 0 spiro atoms. The molecule has 2 rings (SSSR count). The zero-order valence-electron chi connectivity index (χ0n) is 17.2. The van der Waals surface area contributed by atoms with E-state index >= 15 is 0 Å². The van der Waals surface area contributed by atoms with Crippen molar-refractivity contribution in [2.24, 2.45) is 0 Å². The van der Waals surface area contributed by atoms with Crippen LogP contribution in [0.5, 0.6) is 5.75 Å². The summed E-state index contributed by atoms with van der Waals surface area (Å²) in [6.45, 7) is 4.91. The molecule has 0 bridgehead atoms. The van der Waals surface area contributed by atoms with Crippen LogP contribution in [0.25, 0.3) is 0 Å². The Morgan fingerprint density at radius 3 is 2.33 bits per heavy atom. The maximum Gasteiger partial charge on any atom is 0.232 e. The first-order valence-corrected chi connectivity index (χ1v) is 12.1. The van der Waals surface area contributed by atoms with Crippen LogP contribution in [0.3, 0.4) is 0 Å². The molecule has 0 atom stereocenters. The number of sulfonamides is 1. The third-order valence-corrected chi connectivity index (χ3v) is 6.10. The number of hydrogen-bond donors (Lipinski definition) is 1. The second-order valence-corrected chi connectivity index (χ2v) is 9.79. The summed E-state index contributed by atoms with van der Waals surface area (Å²) in [7, 11) is -3.54. The largest absolute Gasteiger partial charge is 0.492 e. The summed E-state index contributed by atoms with van der Waals surface area (Å²) in [6, 6.07) is 10.4. The topological polar surface area (TPSA) is 75.7 Å². The van der Waals surface area contributed by atoms with Crippen LogP contribution >= 0.6 is 23.2 Å². The minimum atomic E-state index is -3.54. The van der Waals surface area contributed by atoms with Gasteiger partial charge in [0.05, 0.1) is 18.5 Å². The molecule has 6 nitrogen and oxygen atoms in total. The lowest BCUT2D eigenvalue weighted by molar-refractivity contribution is -0.121. The van der Waals surface area contributed by atoms with Gasteiger partial charge in [-0.15, -0.1) is 0 Å². The maximum absolute atomic E-state index is 12.1. The van der Waals surface area contributed by atoms with Crippen molar-refractivity contribution in [3.05, 3.63) is 57.6 Å². The number of aryl methyl sites for hydroxylation is 2. The summed E-state index contributed by atoms with van der Waals surface area (Å²) < 4.78 is 31.1. The number of amides is 1. The third kappa shape index (κ3) is 7.70. The summed E-state index contributed by atoms with van der Waals surface area (Å²) in [4.78, 5) is 12.1. The molecule has 9 heteroatoms. The number of halogens is 2. The molecule has 0 aliphatic rings. The zero-order valence-corrected chi connectivity index (χ0v) is 19.6. The first kappa shape index (κ1) is 24.3. The van der Waals surface area contributed by atoms with E-state index in [0.717, 1.165) is 17.6 Å². The number of hydrogen-bond acceptors (Lipinski definition) is 4. The molecule has 164 valence electrons. The summed E-state index contributed by atoms with van der Waals surface area (Å²) >= 11 is 12.0. The zero-order chi connectivity index (χ0) is 22.3. The highest BCUT2D eigenvalue weighted by molar-refractivity contribution is 7.92. The third-order valence-electron chi connectivity index (χ3n) is 4.47. The highest BCUT2D eigenvalue weighted by atomic mass is 35.5. The fourth-order valence-electron chi connectivity index (χ4n) is 2.80. The average molecular weight is 473 g/mol. The van der Waals surface area contributed by atoms with Crippen LogP contribution in [-0.2, 0) is 14.8 Å². The molecule has 1 amide bonds. The summed E-state index contributed by atoms with van der Waals surface area (Å²) in [5, 5.41) is 3.46. The van der Waals surface area contributed by atoms with E-state index in [1.807, 2.05) is 32.0 Å². The van der Waals surface area contributed by atoms with Crippen LogP contribution in [0, 0.1) is 13.8 Å². The molecular weight excluding hydrogens is 447 g/mol. The van der Waals surface area contributed by atoms with E-state index in [0.29, 0.717) is 35.3 Å². The molecule has 0 saturated heterocycles. The standard InChI is InChI=1S/C21H26Cl2N2O4S/c1-15-6-7-20(11-16(15)2)29-10-8-24-21(26)5-4-9-25(30(3,27)28)19-13-17(22)12-18(23)14-19/h6-7,11-14H,4-5,8-10H2,1-3H3,(H,24,26). The van der Waals surface area contributed by atoms with Crippen LogP contribution in [-0.4, -0.2) is 40.3 Å². The Kier molecular flexibility index (Phi) is 8.82. The Morgan fingerprint density at radius 1 is 1.07 bits per heavy atom. The van der Waals surface area contributed by atoms with Crippen LogP contribution in [0.2, 0.25) is 10.0 Å². The average Bonchev–Trinajstić information content (AvgIpc) is 2.63. The lowest BCUT2D eigenvalue weighted by atomic mass is 10.1. The van der Waals surface area contributed by atoms with Crippen molar-refractivity contribution in [2.45, 2.75) is 26.7 Å². The normalized spacial score (nSPS) is 11.2. The Bertz CT molecular complexity index is 976. The molecule has 0 saturated carbocycles. The minimum Gasteiger partial charge on any atom is -0.492 e. The van der Waals surface area contributed by atoms with E-state index in [1.54, 1.807) is 0 Å². The summed E-state index contributed by atoms with van der Waals surface area (Å²) in [6.07, 6.45) is 1.64. The van der Waals surface area contributed by atoms with Crippen molar-refractivity contribution in [3.8, 4) is 5.75 Å². The number of nitrogens with zero attached hydrogens (tertiary/aromatic N) is 1. The van der Waals surface area contributed by atoms with Gasteiger partial charge in [-0.05, 0) is 61.7 Å². The van der Waals surface area contributed by atoms with Gasteiger partial charge in [-0.2, -0.15) is 0 Å². The Morgan fingerprint density at radius 2 is 1.73 bits per heavy atom. The Balaban J connectivity index is 1.79. The van der Waals surface area contributed by atoms with Gasteiger partial charge in [0.25, 0.3) is 0 Å². The molecule has 0 heterocycles. The van der Waals surface area contributed by atoms with E-state index < -0.39 is 10.0 Å². The lowest BCUT2D eigenvalue weighted by Crippen LogP contribution is -2.33.